The summed E-state index contributed by atoms with van der Waals surface area (Å²) < 4.78 is 7.63. The van der Waals surface area contributed by atoms with Gasteiger partial charge in [-0.1, -0.05) is 40.5 Å². The Morgan fingerprint density at radius 1 is 1.28 bits per heavy atom. The van der Waals surface area contributed by atoms with Crippen molar-refractivity contribution in [2.75, 3.05) is 24.2 Å². The summed E-state index contributed by atoms with van der Waals surface area (Å²) in [5.74, 6) is 2.84. The molecular weight excluding hydrogens is 431 g/mol. The van der Waals surface area contributed by atoms with E-state index in [1.807, 2.05) is 12.1 Å². The summed E-state index contributed by atoms with van der Waals surface area (Å²) in [6.07, 6.45) is 8.83. The van der Waals surface area contributed by atoms with Gasteiger partial charge in [0.2, 0.25) is 0 Å². The van der Waals surface area contributed by atoms with Crippen molar-refractivity contribution >= 4 is 51.1 Å². The number of nitrogens with one attached hydrogen (secondary N) is 1. The number of benzene rings is 1. The first-order valence-electron chi connectivity index (χ1n) is 8.44. The fourth-order valence-corrected chi connectivity index (χ4v) is 3.87. The van der Waals surface area contributed by atoms with E-state index in [0.717, 1.165) is 5.56 Å². The molecule has 7 nitrogen and oxygen atoms in total. The Balaban J connectivity index is 1.52. The van der Waals surface area contributed by atoms with Crippen LogP contribution >= 0.6 is 34.5 Å². The monoisotopic (exact) mass is 444 g/mol. The average molecular weight is 445 g/mol. The number of rotatable bonds is 6. The Hall–Kier alpha value is -2.99. The van der Waals surface area contributed by atoms with E-state index in [2.05, 4.69) is 26.2 Å². The number of aromatic nitrogens is 4. The molecule has 10 heteroatoms. The molecule has 3 heterocycles. The lowest BCUT2D eigenvalue weighted by atomic mass is 10.1. The third-order valence-corrected chi connectivity index (χ3v) is 5.47. The second-order valence-corrected chi connectivity index (χ2v) is 7.70. The van der Waals surface area contributed by atoms with Crippen molar-refractivity contribution in [2.24, 2.45) is 0 Å². The first-order chi connectivity index (χ1) is 14.0. The van der Waals surface area contributed by atoms with Gasteiger partial charge in [-0.05, 0) is 18.2 Å². The van der Waals surface area contributed by atoms with E-state index in [1.54, 1.807) is 28.9 Å². The van der Waals surface area contributed by atoms with Crippen LogP contribution in [0.2, 0.25) is 10.0 Å². The molecule has 3 N–H and O–H groups in total. The maximum absolute atomic E-state index is 6.33. The predicted molar refractivity (Wildman–Crippen MR) is 117 cm³/mol. The smallest absolute Gasteiger partial charge is 0.302 e. The molecule has 0 spiro atoms. The van der Waals surface area contributed by atoms with Crippen LogP contribution in [0.5, 0.6) is 6.01 Å². The number of fused-ring (bicyclic) bond motifs is 1. The summed E-state index contributed by atoms with van der Waals surface area (Å²) in [6.45, 7) is 0.823. The number of nitrogen functional groups attached to an aromatic ring is 1. The number of anilines is 2. The highest BCUT2D eigenvalue weighted by atomic mass is 35.5. The number of terminal acetylenes is 1. The molecule has 0 saturated carbocycles. The topological polar surface area (TPSA) is 90.4 Å². The van der Waals surface area contributed by atoms with Gasteiger partial charge in [0.25, 0.3) is 0 Å². The van der Waals surface area contributed by atoms with Crippen molar-refractivity contribution in [3.8, 4) is 29.6 Å². The van der Waals surface area contributed by atoms with E-state index in [0.29, 0.717) is 56.4 Å². The lowest BCUT2D eigenvalue weighted by molar-refractivity contribution is 0.302. The van der Waals surface area contributed by atoms with Gasteiger partial charge in [-0.15, -0.1) is 6.42 Å². The number of nitrogens with zero attached hydrogens (tertiary/aromatic N) is 4. The Morgan fingerprint density at radius 2 is 2.14 bits per heavy atom. The Kier molecular flexibility index (Phi) is 5.45. The van der Waals surface area contributed by atoms with E-state index in [1.165, 1.54) is 11.3 Å². The fourth-order valence-electron chi connectivity index (χ4n) is 2.64. The lowest BCUT2D eigenvalue weighted by Crippen LogP contribution is -2.13. The van der Waals surface area contributed by atoms with Crippen LogP contribution in [0, 0.1) is 12.3 Å². The Bertz CT molecular complexity index is 1230. The molecule has 0 saturated heterocycles. The highest BCUT2D eigenvalue weighted by Gasteiger charge is 2.12. The molecule has 0 radical (unpaired) electrons. The minimum atomic E-state index is 0.336. The number of ether oxygens (including phenoxy) is 1. The molecule has 0 aliphatic rings. The molecule has 0 bridgehead atoms. The lowest BCUT2D eigenvalue weighted by Gasteiger charge is -2.11. The third-order valence-electron chi connectivity index (χ3n) is 3.96. The summed E-state index contributed by atoms with van der Waals surface area (Å²) in [5, 5.41) is 4.83. The number of hydrogen-bond donors (Lipinski definition) is 2. The second-order valence-electron chi connectivity index (χ2n) is 5.86. The normalized spacial score (nSPS) is 10.8. The number of nitrogens with two attached hydrogens (primary N) is 1. The number of halogens is 2. The number of thiazole rings is 1. The summed E-state index contributed by atoms with van der Waals surface area (Å²) in [7, 11) is 0. The van der Waals surface area contributed by atoms with Crippen LogP contribution in [0.15, 0.2) is 36.7 Å². The first-order valence-corrected chi connectivity index (χ1v) is 10.0. The molecule has 4 aromatic rings. The van der Waals surface area contributed by atoms with Crippen molar-refractivity contribution in [3.05, 3.63) is 51.6 Å². The molecule has 29 heavy (non-hydrogen) atoms. The molecule has 0 aliphatic heterocycles. The van der Waals surface area contributed by atoms with Crippen LogP contribution in [0.25, 0.3) is 16.9 Å². The van der Waals surface area contributed by atoms with Crippen molar-refractivity contribution in [1.29, 1.82) is 0 Å². The Labute approximate surface area is 180 Å². The molecule has 0 unspecified atom stereocenters. The van der Waals surface area contributed by atoms with Gasteiger partial charge in [0.15, 0.2) is 10.9 Å². The summed E-state index contributed by atoms with van der Waals surface area (Å²) in [5.41, 5.74) is 7.81. The van der Waals surface area contributed by atoms with Gasteiger partial charge in [0.05, 0.1) is 17.3 Å². The highest BCUT2D eigenvalue weighted by molar-refractivity contribution is 7.16. The largest absolute Gasteiger partial charge is 0.463 e. The van der Waals surface area contributed by atoms with Gasteiger partial charge in [-0.3, -0.25) is 4.40 Å². The average Bonchev–Trinajstić information content (AvgIpc) is 3.31. The van der Waals surface area contributed by atoms with Crippen LogP contribution < -0.4 is 15.8 Å². The molecule has 0 amide bonds. The molecule has 146 valence electrons. The van der Waals surface area contributed by atoms with Crippen LogP contribution in [-0.2, 0) is 0 Å². The van der Waals surface area contributed by atoms with Crippen LogP contribution in [0.4, 0.5) is 10.9 Å². The fraction of sp³-hybridized carbons (Fsp3) is 0.105. The van der Waals surface area contributed by atoms with Crippen molar-refractivity contribution in [2.45, 2.75) is 0 Å². The van der Waals surface area contributed by atoms with E-state index in [-0.39, 0.29) is 0 Å². The number of imidazole rings is 1. The highest BCUT2D eigenvalue weighted by Crippen LogP contribution is 2.31. The van der Waals surface area contributed by atoms with Crippen molar-refractivity contribution in [3.63, 3.8) is 0 Å². The summed E-state index contributed by atoms with van der Waals surface area (Å²) in [4.78, 5) is 13.7. The minimum Gasteiger partial charge on any atom is -0.463 e. The second kappa shape index (κ2) is 8.17. The van der Waals surface area contributed by atoms with Gasteiger partial charge in [0, 0.05) is 29.0 Å². The van der Waals surface area contributed by atoms with Crippen LogP contribution in [0.1, 0.15) is 4.88 Å². The summed E-state index contributed by atoms with van der Waals surface area (Å²) >= 11 is 13.6. The summed E-state index contributed by atoms with van der Waals surface area (Å²) in [6, 6.07) is 7.47. The SMILES string of the molecule is C#Cc1sc(NCCOc2nc(-c3ccc(Cl)cc3Cl)cc3nccn23)nc1N. The zero-order valence-electron chi connectivity index (χ0n) is 14.9. The van der Waals surface area contributed by atoms with Crippen molar-refractivity contribution < 1.29 is 4.74 Å². The van der Waals surface area contributed by atoms with Gasteiger partial charge < -0.3 is 15.8 Å². The number of hydrogen-bond acceptors (Lipinski definition) is 7. The van der Waals surface area contributed by atoms with Gasteiger partial charge in [-0.2, -0.15) is 4.98 Å². The molecule has 0 atom stereocenters. The van der Waals surface area contributed by atoms with E-state index >= 15 is 0 Å². The molecule has 0 fully saturated rings. The Morgan fingerprint density at radius 3 is 2.90 bits per heavy atom. The van der Waals surface area contributed by atoms with Crippen LogP contribution in [-0.4, -0.2) is 32.5 Å². The van der Waals surface area contributed by atoms with Gasteiger partial charge >= 0.3 is 6.01 Å². The van der Waals surface area contributed by atoms with Gasteiger partial charge in [-0.25, -0.2) is 9.97 Å². The zero-order chi connectivity index (χ0) is 20.4. The maximum atomic E-state index is 6.33. The van der Waals surface area contributed by atoms with E-state index in [4.69, 9.17) is 40.1 Å². The quantitative estimate of drug-likeness (QED) is 0.341. The first kappa shape index (κ1) is 19.3. The molecule has 0 aliphatic carbocycles. The third kappa shape index (κ3) is 4.07. The molecule has 4 rings (SSSR count). The molecular formula is C19H14Cl2N6OS. The zero-order valence-corrected chi connectivity index (χ0v) is 17.2. The van der Waals surface area contributed by atoms with Crippen LogP contribution in [0.3, 0.4) is 0 Å². The predicted octanol–water partition coefficient (Wildman–Crippen LogP) is 4.21. The maximum Gasteiger partial charge on any atom is 0.302 e. The van der Waals surface area contributed by atoms with Gasteiger partial charge in [0.1, 0.15) is 17.1 Å². The van der Waals surface area contributed by atoms with E-state index < -0.39 is 0 Å². The molecule has 1 aromatic carbocycles. The van der Waals surface area contributed by atoms with E-state index in [9.17, 15) is 0 Å². The van der Waals surface area contributed by atoms with Crippen molar-refractivity contribution in [1.82, 2.24) is 19.4 Å². The minimum absolute atomic E-state index is 0.336. The molecule has 3 aromatic heterocycles. The standard InChI is InChI=1S/C19H14Cl2N6OS/c1-2-15-17(22)26-18(29-15)24-6-8-28-19-25-14(10-16-23-5-7-27(16)19)12-4-3-11(20)9-13(12)21/h1,3-5,7,9-10H,6,8,22H2,(H,24,26).